The predicted octanol–water partition coefficient (Wildman–Crippen LogP) is 2.15. The van der Waals surface area contributed by atoms with Crippen LogP contribution in [0, 0.1) is 5.92 Å². The van der Waals surface area contributed by atoms with Crippen molar-refractivity contribution < 1.29 is 9.53 Å². The molecule has 1 aromatic rings. The van der Waals surface area contributed by atoms with E-state index in [4.69, 9.17) is 4.74 Å². The fraction of sp³-hybridized carbons (Fsp3) is 0.571. The Morgan fingerprint density at radius 3 is 3.17 bits per heavy atom. The van der Waals surface area contributed by atoms with Crippen LogP contribution >= 0.6 is 0 Å². The van der Waals surface area contributed by atoms with Crippen LogP contribution in [0.3, 0.4) is 0 Å². The number of Topliss-reactive ketones (excluding diaryl/α,β-unsaturated/α-hetero) is 1. The van der Waals surface area contributed by atoms with Gasteiger partial charge in [-0.2, -0.15) is 0 Å². The maximum Gasteiger partial charge on any atom is 0.159 e. The minimum Gasteiger partial charge on any atom is -0.384 e. The largest absolute Gasteiger partial charge is 0.384 e. The van der Waals surface area contributed by atoms with Crippen molar-refractivity contribution in [3.8, 4) is 0 Å². The molecule has 18 heavy (non-hydrogen) atoms. The summed E-state index contributed by atoms with van der Waals surface area (Å²) in [6.07, 6.45) is 4.07. The van der Waals surface area contributed by atoms with Gasteiger partial charge in [-0.05, 0) is 37.8 Å². The number of hydrogen-bond acceptors (Lipinski definition) is 4. The van der Waals surface area contributed by atoms with E-state index in [0.29, 0.717) is 5.92 Å². The van der Waals surface area contributed by atoms with E-state index in [9.17, 15) is 4.79 Å². The molecule has 4 nitrogen and oxygen atoms in total. The second-order valence-corrected chi connectivity index (χ2v) is 4.87. The van der Waals surface area contributed by atoms with Gasteiger partial charge >= 0.3 is 0 Å². The zero-order chi connectivity index (χ0) is 13.0. The smallest absolute Gasteiger partial charge is 0.159 e. The van der Waals surface area contributed by atoms with Crippen LogP contribution < -0.4 is 4.90 Å². The minimum absolute atomic E-state index is 0.0871. The first-order valence-corrected chi connectivity index (χ1v) is 6.41. The number of carbonyl (C=O) groups excluding carboxylic acids is 1. The number of methoxy groups -OCH3 is 1. The van der Waals surface area contributed by atoms with Gasteiger partial charge in [-0.3, -0.25) is 4.79 Å². The van der Waals surface area contributed by atoms with Crippen molar-refractivity contribution in [1.29, 1.82) is 0 Å². The first-order valence-electron chi connectivity index (χ1n) is 6.41. The van der Waals surface area contributed by atoms with E-state index in [-0.39, 0.29) is 5.78 Å². The highest BCUT2D eigenvalue weighted by molar-refractivity contribution is 5.94. The number of ketones is 1. The Kier molecular flexibility index (Phi) is 4.31. The van der Waals surface area contributed by atoms with Crippen LogP contribution in [0.2, 0.25) is 0 Å². The van der Waals surface area contributed by atoms with Gasteiger partial charge in [0.2, 0.25) is 0 Å². The van der Waals surface area contributed by atoms with Crippen molar-refractivity contribution >= 4 is 11.6 Å². The van der Waals surface area contributed by atoms with E-state index >= 15 is 0 Å². The van der Waals surface area contributed by atoms with Gasteiger partial charge < -0.3 is 9.64 Å². The van der Waals surface area contributed by atoms with Gasteiger partial charge in [0, 0.05) is 32.0 Å². The summed E-state index contributed by atoms with van der Waals surface area (Å²) < 4.78 is 5.23. The zero-order valence-electron chi connectivity index (χ0n) is 11.1. The van der Waals surface area contributed by atoms with Crippen LogP contribution in [-0.4, -0.2) is 37.6 Å². The number of ether oxygens (including phenoxy) is 1. The van der Waals surface area contributed by atoms with E-state index < -0.39 is 0 Å². The van der Waals surface area contributed by atoms with Crippen molar-refractivity contribution in [2.24, 2.45) is 5.92 Å². The topological polar surface area (TPSA) is 42.4 Å². The number of aromatic nitrogens is 1. The Hall–Kier alpha value is -1.42. The molecule has 1 atom stereocenters. The third-order valence-electron chi connectivity index (χ3n) is 3.40. The Labute approximate surface area is 108 Å². The Bertz CT molecular complexity index is 418. The lowest BCUT2D eigenvalue weighted by Gasteiger charge is -2.33. The third-order valence-corrected chi connectivity index (χ3v) is 3.40. The predicted molar refractivity (Wildman–Crippen MR) is 71.1 cm³/mol. The van der Waals surface area contributed by atoms with Crippen LogP contribution in [0.15, 0.2) is 18.3 Å². The highest BCUT2D eigenvalue weighted by Crippen LogP contribution is 2.22. The highest BCUT2D eigenvalue weighted by atomic mass is 16.5. The number of anilines is 1. The second kappa shape index (κ2) is 5.96. The van der Waals surface area contributed by atoms with Gasteiger partial charge in [0.1, 0.15) is 5.82 Å². The van der Waals surface area contributed by atoms with Gasteiger partial charge in [0.15, 0.2) is 5.78 Å². The van der Waals surface area contributed by atoms with Crippen LogP contribution in [0.5, 0.6) is 0 Å². The second-order valence-electron chi connectivity index (χ2n) is 4.87. The first-order chi connectivity index (χ1) is 8.70. The molecule has 0 N–H and O–H groups in total. The van der Waals surface area contributed by atoms with Crippen molar-refractivity contribution in [2.75, 3.05) is 31.7 Å². The fourth-order valence-corrected chi connectivity index (χ4v) is 2.46. The summed E-state index contributed by atoms with van der Waals surface area (Å²) in [5.74, 6) is 1.55. The summed E-state index contributed by atoms with van der Waals surface area (Å²) in [6, 6.07) is 3.65. The van der Waals surface area contributed by atoms with Gasteiger partial charge in [0.05, 0.1) is 6.61 Å². The molecule has 2 heterocycles. The Balaban J connectivity index is 2.10. The summed E-state index contributed by atoms with van der Waals surface area (Å²) in [4.78, 5) is 18.0. The van der Waals surface area contributed by atoms with E-state index in [1.165, 1.54) is 6.42 Å². The van der Waals surface area contributed by atoms with Gasteiger partial charge in [0.25, 0.3) is 0 Å². The zero-order valence-corrected chi connectivity index (χ0v) is 11.1. The molecule has 1 aromatic heterocycles. The summed E-state index contributed by atoms with van der Waals surface area (Å²) in [5, 5.41) is 0. The average molecular weight is 248 g/mol. The monoisotopic (exact) mass is 248 g/mol. The number of nitrogens with zero attached hydrogens (tertiary/aromatic N) is 2. The average Bonchev–Trinajstić information content (AvgIpc) is 2.39. The maximum absolute atomic E-state index is 11.4. The summed E-state index contributed by atoms with van der Waals surface area (Å²) in [6.45, 7) is 4.35. The number of rotatable bonds is 4. The lowest BCUT2D eigenvalue weighted by atomic mass is 9.99. The summed E-state index contributed by atoms with van der Waals surface area (Å²) >= 11 is 0. The third kappa shape index (κ3) is 3.07. The summed E-state index contributed by atoms with van der Waals surface area (Å²) in [7, 11) is 1.74. The van der Waals surface area contributed by atoms with Crippen LogP contribution in [-0.2, 0) is 4.74 Å². The molecule has 4 heteroatoms. The molecule has 1 fully saturated rings. The van der Waals surface area contributed by atoms with E-state index in [0.717, 1.165) is 37.5 Å². The highest BCUT2D eigenvalue weighted by Gasteiger charge is 2.21. The molecule has 0 saturated carbocycles. The van der Waals surface area contributed by atoms with Crippen molar-refractivity contribution in [2.45, 2.75) is 19.8 Å². The molecule has 0 bridgehead atoms. The molecule has 0 aromatic carbocycles. The molecule has 1 aliphatic rings. The minimum atomic E-state index is 0.0871. The lowest BCUT2D eigenvalue weighted by Crippen LogP contribution is -2.37. The molecule has 1 unspecified atom stereocenters. The Morgan fingerprint density at radius 2 is 2.44 bits per heavy atom. The molecule has 0 aliphatic carbocycles. The fourth-order valence-electron chi connectivity index (χ4n) is 2.46. The molecule has 98 valence electrons. The standard InChI is InChI=1S/C14H20N2O2/c1-11(17)13-5-6-15-14(8-13)16-7-3-4-12(9-16)10-18-2/h5-6,8,12H,3-4,7,9-10H2,1-2H3. The maximum atomic E-state index is 11.4. The molecule has 1 saturated heterocycles. The van der Waals surface area contributed by atoms with Crippen molar-refractivity contribution in [3.63, 3.8) is 0 Å². The molecule has 1 aliphatic heterocycles. The van der Waals surface area contributed by atoms with Crippen molar-refractivity contribution in [1.82, 2.24) is 4.98 Å². The van der Waals surface area contributed by atoms with Gasteiger partial charge in [-0.1, -0.05) is 0 Å². The number of hydrogen-bond donors (Lipinski definition) is 0. The van der Waals surface area contributed by atoms with E-state index in [2.05, 4.69) is 9.88 Å². The molecule has 0 amide bonds. The van der Waals surface area contributed by atoms with E-state index in [1.54, 1.807) is 26.3 Å². The number of pyridine rings is 1. The summed E-state index contributed by atoms with van der Waals surface area (Å²) in [5.41, 5.74) is 0.730. The quantitative estimate of drug-likeness (QED) is 0.766. The SMILES string of the molecule is COCC1CCCN(c2cc(C(C)=O)ccn2)C1. The lowest BCUT2D eigenvalue weighted by molar-refractivity contribution is 0.101. The van der Waals surface area contributed by atoms with Crippen LogP contribution in [0.1, 0.15) is 30.1 Å². The van der Waals surface area contributed by atoms with Crippen molar-refractivity contribution in [3.05, 3.63) is 23.9 Å². The molecule has 0 radical (unpaired) electrons. The molecular weight excluding hydrogens is 228 g/mol. The first kappa shape index (κ1) is 13.0. The van der Waals surface area contributed by atoms with Crippen LogP contribution in [0.25, 0.3) is 0 Å². The number of piperidine rings is 1. The normalized spacial score (nSPS) is 19.9. The van der Waals surface area contributed by atoms with Crippen LogP contribution in [0.4, 0.5) is 5.82 Å². The van der Waals surface area contributed by atoms with E-state index in [1.807, 2.05) is 6.07 Å². The van der Waals surface area contributed by atoms with Gasteiger partial charge in [-0.25, -0.2) is 4.98 Å². The molecule has 0 spiro atoms. The molecular formula is C14H20N2O2. The Morgan fingerprint density at radius 1 is 1.61 bits per heavy atom. The van der Waals surface area contributed by atoms with Gasteiger partial charge in [-0.15, -0.1) is 0 Å². The number of carbonyl (C=O) groups is 1. The molecule has 2 rings (SSSR count).